The van der Waals surface area contributed by atoms with Crippen molar-refractivity contribution in [2.45, 2.75) is 103 Å². The molecule has 0 saturated carbocycles. The standard InChI is InChI=1S/C19H38N2O3/c1-2-3-4-5-6-7-8-9-10-11-12-13-14-15-16-17-24-19(23)21-18(20)22/h2-17H2,1H3,(H3,20,21,22,23). The summed E-state index contributed by atoms with van der Waals surface area (Å²) in [6, 6.07) is -0.878. The number of primary amides is 1. The Bertz CT molecular complexity index is 309. The zero-order valence-electron chi connectivity index (χ0n) is 15.6. The summed E-state index contributed by atoms with van der Waals surface area (Å²) in [4.78, 5) is 21.4. The van der Waals surface area contributed by atoms with E-state index in [1.165, 1.54) is 83.5 Å². The Hall–Kier alpha value is -1.26. The van der Waals surface area contributed by atoms with Crippen molar-refractivity contribution in [2.75, 3.05) is 6.61 Å². The Balaban J connectivity index is 3.07. The molecule has 3 amide bonds. The summed E-state index contributed by atoms with van der Waals surface area (Å²) in [5.41, 5.74) is 4.80. The van der Waals surface area contributed by atoms with Crippen LogP contribution >= 0.6 is 0 Å². The number of urea groups is 1. The minimum atomic E-state index is -0.878. The fraction of sp³-hybridized carbons (Fsp3) is 0.895. The van der Waals surface area contributed by atoms with Gasteiger partial charge in [-0.25, -0.2) is 14.9 Å². The highest BCUT2D eigenvalue weighted by atomic mass is 16.5. The van der Waals surface area contributed by atoms with Crippen molar-refractivity contribution in [3.05, 3.63) is 0 Å². The molecule has 0 atom stereocenters. The fourth-order valence-corrected chi connectivity index (χ4v) is 2.77. The molecule has 0 heterocycles. The molecule has 0 aromatic heterocycles. The Morgan fingerprint density at radius 2 is 1.08 bits per heavy atom. The lowest BCUT2D eigenvalue weighted by Gasteiger charge is -2.05. The van der Waals surface area contributed by atoms with Gasteiger partial charge in [-0.3, -0.25) is 0 Å². The maximum Gasteiger partial charge on any atom is 0.415 e. The zero-order valence-corrected chi connectivity index (χ0v) is 15.6. The van der Waals surface area contributed by atoms with Crippen LogP contribution in [0, 0.1) is 0 Å². The van der Waals surface area contributed by atoms with Crippen LogP contribution in [0.4, 0.5) is 9.59 Å². The van der Waals surface area contributed by atoms with Gasteiger partial charge in [0.15, 0.2) is 0 Å². The summed E-state index contributed by atoms with van der Waals surface area (Å²) >= 11 is 0. The molecule has 0 aliphatic rings. The molecule has 142 valence electrons. The number of unbranched alkanes of at least 4 members (excludes halogenated alkanes) is 14. The van der Waals surface area contributed by atoms with E-state index in [4.69, 9.17) is 10.5 Å². The van der Waals surface area contributed by atoms with E-state index in [9.17, 15) is 9.59 Å². The van der Waals surface area contributed by atoms with Crippen LogP contribution in [-0.2, 0) is 4.74 Å². The summed E-state index contributed by atoms with van der Waals surface area (Å²) in [6.07, 6.45) is 18.8. The monoisotopic (exact) mass is 342 g/mol. The third-order valence-electron chi connectivity index (χ3n) is 4.21. The highest BCUT2D eigenvalue weighted by Gasteiger charge is 2.03. The van der Waals surface area contributed by atoms with Gasteiger partial charge >= 0.3 is 12.1 Å². The highest BCUT2D eigenvalue weighted by molar-refractivity contribution is 5.89. The second-order valence-corrected chi connectivity index (χ2v) is 6.57. The van der Waals surface area contributed by atoms with Crippen molar-refractivity contribution in [2.24, 2.45) is 5.73 Å². The number of nitrogens with one attached hydrogen (secondary N) is 1. The van der Waals surface area contributed by atoms with Crippen LogP contribution in [0.3, 0.4) is 0 Å². The van der Waals surface area contributed by atoms with E-state index in [1.54, 1.807) is 0 Å². The first-order valence-electron chi connectivity index (χ1n) is 9.90. The van der Waals surface area contributed by atoms with Gasteiger partial charge in [-0.2, -0.15) is 0 Å². The molecule has 0 spiro atoms. The molecule has 0 aliphatic heterocycles. The van der Waals surface area contributed by atoms with Crippen LogP contribution in [0.25, 0.3) is 0 Å². The summed E-state index contributed by atoms with van der Waals surface area (Å²) in [7, 11) is 0. The molecule has 0 saturated heterocycles. The molecular formula is C19H38N2O3. The van der Waals surface area contributed by atoms with E-state index in [2.05, 4.69) is 6.92 Å². The van der Waals surface area contributed by atoms with Crippen LogP contribution in [0.2, 0.25) is 0 Å². The molecular weight excluding hydrogens is 304 g/mol. The lowest BCUT2D eigenvalue weighted by Crippen LogP contribution is -2.35. The maximum absolute atomic E-state index is 11.0. The first kappa shape index (κ1) is 22.7. The minimum Gasteiger partial charge on any atom is -0.449 e. The topological polar surface area (TPSA) is 81.4 Å². The van der Waals surface area contributed by atoms with Gasteiger partial charge in [0.2, 0.25) is 0 Å². The quantitative estimate of drug-likeness (QED) is 0.355. The van der Waals surface area contributed by atoms with Gasteiger partial charge in [0.25, 0.3) is 0 Å². The number of alkyl carbamates (subject to hydrolysis) is 1. The van der Waals surface area contributed by atoms with E-state index < -0.39 is 12.1 Å². The van der Waals surface area contributed by atoms with Gasteiger partial charge in [-0.05, 0) is 6.42 Å². The smallest absolute Gasteiger partial charge is 0.415 e. The van der Waals surface area contributed by atoms with Crippen LogP contribution in [-0.4, -0.2) is 18.7 Å². The molecule has 0 rings (SSSR count). The highest BCUT2D eigenvalue weighted by Crippen LogP contribution is 2.13. The molecule has 0 aliphatic carbocycles. The normalized spacial score (nSPS) is 10.5. The van der Waals surface area contributed by atoms with Gasteiger partial charge in [0.1, 0.15) is 0 Å². The number of hydrogen-bond acceptors (Lipinski definition) is 3. The van der Waals surface area contributed by atoms with Gasteiger partial charge in [-0.1, -0.05) is 96.8 Å². The lowest BCUT2D eigenvalue weighted by atomic mass is 10.0. The van der Waals surface area contributed by atoms with Crippen molar-refractivity contribution in [1.82, 2.24) is 5.32 Å². The van der Waals surface area contributed by atoms with Crippen LogP contribution in [0.1, 0.15) is 103 Å². The molecule has 5 heteroatoms. The van der Waals surface area contributed by atoms with Crippen molar-refractivity contribution in [3.8, 4) is 0 Å². The van der Waals surface area contributed by atoms with Crippen molar-refractivity contribution in [1.29, 1.82) is 0 Å². The van der Waals surface area contributed by atoms with Gasteiger partial charge < -0.3 is 10.5 Å². The number of imide groups is 1. The first-order valence-corrected chi connectivity index (χ1v) is 9.90. The lowest BCUT2D eigenvalue weighted by molar-refractivity contribution is 0.145. The number of rotatable bonds is 16. The predicted octanol–water partition coefficient (Wildman–Crippen LogP) is 5.66. The summed E-state index contributed by atoms with van der Waals surface area (Å²) in [5.74, 6) is 0. The van der Waals surface area contributed by atoms with E-state index in [0.717, 1.165) is 12.8 Å². The SMILES string of the molecule is CCCCCCCCCCCCCCCCCOC(=O)NC(N)=O. The average Bonchev–Trinajstić information content (AvgIpc) is 2.53. The second-order valence-electron chi connectivity index (χ2n) is 6.57. The number of carbonyl (C=O) groups excluding carboxylic acids is 2. The third-order valence-corrected chi connectivity index (χ3v) is 4.21. The van der Waals surface area contributed by atoms with Gasteiger partial charge in [-0.15, -0.1) is 0 Å². The summed E-state index contributed by atoms with van der Waals surface area (Å²) in [5, 5.41) is 1.87. The van der Waals surface area contributed by atoms with E-state index in [1.807, 2.05) is 5.32 Å². The van der Waals surface area contributed by atoms with Gasteiger partial charge in [0.05, 0.1) is 6.61 Å². The second kappa shape index (κ2) is 18.1. The summed E-state index contributed by atoms with van der Waals surface area (Å²) < 4.78 is 4.82. The molecule has 0 fully saturated rings. The summed E-state index contributed by atoms with van der Waals surface area (Å²) in [6.45, 7) is 2.61. The number of hydrogen-bond donors (Lipinski definition) is 2. The Labute approximate surface area is 148 Å². The van der Waals surface area contributed by atoms with E-state index in [-0.39, 0.29) is 0 Å². The van der Waals surface area contributed by atoms with Crippen LogP contribution < -0.4 is 11.1 Å². The largest absolute Gasteiger partial charge is 0.449 e. The van der Waals surface area contributed by atoms with E-state index >= 15 is 0 Å². The number of nitrogens with two attached hydrogens (primary N) is 1. The molecule has 0 radical (unpaired) electrons. The van der Waals surface area contributed by atoms with Crippen LogP contribution in [0.15, 0.2) is 0 Å². The molecule has 0 bridgehead atoms. The van der Waals surface area contributed by atoms with Gasteiger partial charge in [0, 0.05) is 0 Å². The average molecular weight is 343 g/mol. The van der Waals surface area contributed by atoms with Crippen molar-refractivity contribution in [3.63, 3.8) is 0 Å². The van der Waals surface area contributed by atoms with Crippen LogP contribution in [0.5, 0.6) is 0 Å². The Kier molecular flexibility index (Phi) is 17.1. The Morgan fingerprint density at radius 1 is 0.708 bits per heavy atom. The number of carbonyl (C=O) groups is 2. The minimum absolute atomic E-state index is 0.345. The third kappa shape index (κ3) is 18.8. The fourth-order valence-electron chi connectivity index (χ4n) is 2.77. The molecule has 3 N–H and O–H groups in total. The van der Waals surface area contributed by atoms with Crippen molar-refractivity contribution >= 4 is 12.1 Å². The number of amides is 3. The molecule has 0 aromatic rings. The maximum atomic E-state index is 11.0. The molecule has 5 nitrogen and oxygen atoms in total. The first-order chi connectivity index (χ1) is 11.7. The molecule has 0 aromatic carbocycles. The Morgan fingerprint density at radius 3 is 1.46 bits per heavy atom. The molecule has 24 heavy (non-hydrogen) atoms. The predicted molar refractivity (Wildman–Crippen MR) is 99.0 cm³/mol. The van der Waals surface area contributed by atoms with Crippen molar-refractivity contribution < 1.29 is 14.3 Å². The zero-order chi connectivity index (χ0) is 17.9. The number of ether oxygens (including phenoxy) is 1. The van der Waals surface area contributed by atoms with E-state index in [0.29, 0.717) is 6.61 Å². The molecule has 0 unspecified atom stereocenters.